The van der Waals surface area contributed by atoms with E-state index in [4.69, 9.17) is 5.11 Å². The first-order valence-electron chi connectivity index (χ1n) is 4.13. The Labute approximate surface area is 75.8 Å². The molecule has 0 radical (unpaired) electrons. The molecule has 0 saturated carbocycles. The van der Waals surface area contributed by atoms with Gasteiger partial charge in [-0.2, -0.15) is 0 Å². The Balaban J connectivity index is 2.77. The fourth-order valence-corrected chi connectivity index (χ4v) is 1.33. The minimum absolute atomic E-state index is 0.126. The molecule has 4 heteroatoms. The van der Waals surface area contributed by atoms with Gasteiger partial charge in [0.05, 0.1) is 5.52 Å². The van der Waals surface area contributed by atoms with Gasteiger partial charge in [-0.15, -0.1) is 5.10 Å². The Morgan fingerprint density at radius 1 is 1.31 bits per heavy atom. The predicted octanol–water partition coefficient (Wildman–Crippen LogP) is 0.998. The average Bonchev–Trinajstić information content (AvgIpc) is 2.48. The largest absolute Gasteiger partial charge is 0.374 e. The first kappa shape index (κ1) is 8.19. The van der Waals surface area contributed by atoms with Crippen molar-refractivity contribution in [2.24, 2.45) is 0 Å². The highest BCUT2D eigenvalue weighted by molar-refractivity contribution is 5.76. The summed E-state index contributed by atoms with van der Waals surface area (Å²) in [5, 5.41) is 16.7. The van der Waals surface area contributed by atoms with E-state index in [0.717, 1.165) is 11.0 Å². The van der Waals surface area contributed by atoms with E-state index in [0.29, 0.717) is 0 Å². The molecule has 0 bridgehead atoms. The van der Waals surface area contributed by atoms with Crippen LogP contribution in [0.3, 0.4) is 0 Å². The van der Waals surface area contributed by atoms with Crippen LogP contribution >= 0.6 is 0 Å². The zero-order valence-electron chi connectivity index (χ0n) is 7.65. The lowest BCUT2D eigenvalue weighted by molar-refractivity contribution is 0.197. The number of aryl methyl sites for hydroxylation is 2. The summed E-state index contributed by atoms with van der Waals surface area (Å²) in [5.41, 5.74) is 4.09. The van der Waals surface area contributed by atoms with E-state index < -0.39 is 0 Å². The summed E-state index contributed by atoms with van der Waals surface area (Å²) in [6, 6.07) is 3.96. The molecule has 1 aromatic carbocycles. The molecule has 1 heterocycles. The second kappa shape index (κ2) is 2.81. The van der Waals surface area contributed by atoms with Crippen LogP contribution in [0, 0.1) is 13.8 Å². The Morgan fingerprint density at radius 3 is 2.69 bits per heavy atom. The van der Waals surface area contributed by atoms with E-state index >= 15 is 0 Å². The number of nitrogens with zero attached hydrogens (tertiary/aromatic N) is 3. The molecule has 13 heavy (non-hydrogen) atoms. The van der Waals surface area contributed by atoms with Crippen LogP contribution in [0.1, 0.15) is 11.1 Å². The first-order valence-corrected chi connectivity index (χ1v) is 4.13. The summed E-state index contributed by atoms with van der Waals surface area (Å²) >= 11 is 0. The number of aromatic nitrogens is 3. The fraction of sp³-hybridized carbons (Fsp3) is 0.333. The summed E-state index contributed by atoms with van der Waals surface area (Å²) in [5.74, 6) is 0. The van der Waals surface area contributed by atoms with Crippen LogP contribution in [0.5, 0.6) is 0 Å². The Morgan fingerprint density at radius 2 is 2.00 bits per heavy atom. The van der Waals surface area contributed by atoms with Crippen molar-refractivity contribution in [2.45, 2.75) is 20.6 Å². The average molecular weight is 177 g/mol. The van der Waals surface area contributed by atoms with Crippen molar-refractivity contribution in [2.75, 3.05) is 0 Å². The summed E-state index contributed by atoms with van der Waals surface area (Å²) in [6.07, 6.45) is 0. The molecule has 0 aliphatic heterocycles. The fourth-order valence-electron chi connectivity index (χ4n) is 1.33. The number of hydrogen-bond acceptors (Lipinski definition) is 3. The summed E-state index contributed by atoms with van der Waals surface area (Å²) in [4.78, 5) is 0. The van der Waals surface area contributed by atoms with Crippen LogP contribution in [0.4, 0.5) is 0 Å². The highest BCUT2D eigenvalue weighted by Gasteiger charge is 2.04. The molecule has 68 valence electrons. The van der Waals surface area contributed by atoms with Gasteiger partial charge in [-0.25, -0.2) is 4.68 Å². The number of hydrogen-bond donors (Lipinski definition) is 1. The lowest BCUT2D eigenvalue weighted by Crippen LogP contribution is -1.98. The highest BCUT2D eigenvalue weighted by Crippen LogP contribution is 2.16. The topological polar surface area (TPSA) is 50.9 Å². The number of benzene rings is 1. The van der Waals surface area contributed by atoms with E-state index in [9.17, 15) is 0 Å². The van der Waals surface area contributed by atoms with Gasteiger partial charge >= 0.3 is 0 Å². The van der Waals surface area contributed by atoms with E-state index in [-0.39, 0.29) is 6.73 Å². The summed E-state index contributed by atoms with van der Waals surface area (Å²) in [7, 11) is 0. The van der Waals surface area contributed by atoms with Gasteiger partial charge in [0.2, 0.25) is 0 Å². The van der Waals surface area contributed by atoms with Gasteiger partial charge in [-0.05, 0) is 37.1 Å². The lowest BCUT2D eigenvalue weighted by atomic mass is 10.1. The highest BCUT2D eigenvalue weighted by atomic mass is 16.3. The molecule has 1 N–H and O–H groups in total. The van der Waals surface area contributed by atoms with Crippen molar-refractivity contribution in [3.63, 3.8) is 0 Å². The van der Waals surface area contributed by atoms with E-state index in [2.05, 4.69) is 10.3 Å². The minimum Gasteiger partial charge on any atom is -0.374 e. The minimum atomic E-state index is -0.126. The van der Waals surface area contributed by atoms with Gasteiger partial charge in [0.25, 0.3) is 0 Å². The maximum absolute atomic E-state index is 8.95. The van der Waals surface area contributed by atoms with Crippen molar-refractivity contribution in [1.82, 2.24) is 15.0 Å². The van der Waals surface area contributed by atoms with Gasteiger partial charge in [0.1, 0.15) is 12.2 Å². The molecule has 0 unspecified atom stereocenters. The smallest absolute Gasteiger partial charge is 0.138 e. The second-order valence-corrected chi connectivity index (χ2v) is 3.16. The molecular weight excluding hydrogens is 166 g/mol. The molecule has 0 fully saturated rings. The molecule has 2 aromatic rings. The number of aliphatic hydroxyl groups is 1. The molecule has 0 spiro atoms. The van der Waals surface area contributed by atoms with Crippen LogP contribution in [-0.2, 0) is 6.73 Å². The molecule has 4 nitrogen and oxygen atoms in total. The van der Waals surface area contributed by atoms with Crippen LogP contribution in [0.2, 0.25) is 0 Å². The molecule has 0 aliphatic rings. The number of fused-ring (bicyclic) bond motifs is 1. The van der Waals surface area contributed by atoms with Gasteiger partial charge in [-0.3, -0.25) is 0 Å². The monoisotopic (exact) mass is 177 g/mol. The van der Waals surface area contributed by atoms with Crippen LogP contribution in [0.25, 0.3) is 11.0 Å². The Hall–Kier alpha value is -1.42. The maximum Gasteiger partial charge on any atom is 0.138 e. The molecule has 0 aliphatic carbocycles. The van der Waals surface area contributed by atoms with Crippen LogP contribution in [-0.4, -0.2) is 20.1 Å². The van der Waals surface area contributed by atoms with Crippen LogP contribution in [0.15, 0.2) is 12.1 Å². The quantitative estimate of drug-likeness (QED) is 0.707. The zero-order valence-corrected chi connectivity index (χ0v) is 7.65. The lowest BCUT2D eigenvalue weighted by Gasteiger charge is -2.00. The molecule has 0 saturated heterocycles. The molecule has 0 atom stereocenters. The van der Waals surface area contributed by atoms with Gasteiger partial charge in [0.15, 0.2) is 0 Å². The maximum atomic E-state index is 8.95. The number of rotatable bonds is 1. The molecule has 2 rings (SSSR count). The van der Waals surface area contributed by atoms with Crippen LogP contribution < -0.4 is 0 Å². The first-order chi connectivity index (χ1) is 6.22. The second-order valence-electron chi connectivity index (χ2n) is 3.16. The van der Waals surface area contributed by atoms with Gasteiger partial charge in [-0.1, -0.05) is 5.21 Å². The van der Waals surface area contributed by atoms with E-state index in [1.807, 2.05) is 26.0 Å². The summed E-state index contributed by atoms with van der Waals surface area (Å²) < 4.78 is 1.47. The normalized spacial score (nSPS) is 11.0. The number of aliphatic hydroxyl groups excluding tert-OH is 1. The summed E-state index contributed by atoms with van der Waals surface area (Å²) in [6.45, 7) is 3.94. The third-order valence-electron chi connectivity index (χ3n) is 2.26. The SMILES string of the molecule is Cc1cc2nnn(CO)c2cc1C. The predicted molar refractivity (Wildman–Crippen MR) is 49.2 cm³/mol. The van der Waals surface area contributed by atoms with Gasteiger partial charge < -0.3 is 5.11 Å². The third-order valence-corrected chi connectivity index (χ3v) is 2.26. The third kappa shape index (κ3) is 1.19. The Bertz CT molecular complexity index is 447. The van der Waals surface area contributed by atoms with E-state index in [1.54, 1.807) is 0 Å². The van der Waals surface area contributed by atoms with Crippen molar-refractivity contribution < 1.29 is 5.11 Å². The molecule has 0 amide bonds. The van der Waals surface area contributed by atoms with Gasteiger partial charge in [0, 0.05) is 0 Å². The molecule has 1 aromatic heterocycles. The van der Waals surface area contributed by atoms with E-state index in [1.165, 1.54) is 15.8 Å². The molecular formula is C9H11N3O. The van der Waals surface area contributed by atoms with Crippen molar-refractivity contribution >= 4 is 11.0 Å². The van der Waals surface area contributed by atoms with Crippen molar-refractivity contribution in [3.05, 3.63) is 23.3 Å². The Kier molecular flexibility index (Phi) is 1.77. The van der Waals surface area contributed by atoms with Crippen molar-refractivity contribution in [3.8, 4) is 0 Å². The zero-order chi connectivity index (χ0) is 9.42. The van der Waals surface area contributed by atoms with Crippen molar-refractivity contribution in [1.29, 1.82) is 0 Å². The standard InChI is InChI=1S/C9H11N3O/c1-6-3-8-9(4-7(6)2)12(5-13)11-10-8/h3-4,13H,5H2,1-2H3.